The highest BCUT2D eigenvalue weighted by atomic mass is 32.2. The number of hydrogen-bond donors (Lipinski definition) is 0. The van der Waals surface area contributed by atoms with Crippen LogP contribution in [-0.2, 0) is 10.0 Å². The third-order valence-electron chi connectivity index (χ3n) is 4.08. The molecule has 21 heavy (non-hydrogen) atoms. The van der Waals surface area contributed by atoms with Gasteiger partial charge in [-0.05, 0) is 42.9 Å². The maximum Gasteiger partial charge on any atom is 0.214 e. The number of benzene rings is 1. The Hall–Kier alpha value is -1.07. The Bertz CT molecular complexity index is 539. The van der Waals surface area contributed by atoms with Gasteiger partial charge in [0.15, 0.2) is 0 Å². The van der Waals surface area contributed by atoms with E-state index in [2.05, 4.69) is 12.1 Å². The molecule has 0 amide bonds. The number of ether oxygens (including phenoxy) is 1. The van der Waals surface area contributed by atoms with E-state index in [-0.39, 0.29) is 11.7 Å². The van der Waals surface area contributed by atoms with Crippen LogP contribution in [-0.4, -0.2) is 38.7 Å². The van der Waals surface area contributed by atoms with E-state index in [4.69, 9.17) is 4.74 Å². The van der Waals surface area contributed by atoms with Crippen molar-refractivity contribution in [1.29, 1.82) is 0 Å². The van der Waals surface area contributed by atoms with Gasteiger partial charge in [-0.15, -0.1) is 0 Å². The molecule has 0 radical (unpaired) electrons. The highest BCUT2D eigenvalue weighted by Gasteiger charge is 2.27. The summed E-state index contributed by atoms with van der Waals surface area (Å²) in [5.74, 6) is 1.37. The van der Waals surface area contributed by atoms with E-state index in [0.29, 0.717) is 19.5 Å². The average molecular weight is 311 g/mol. The SMILES string of the molecule is CCCS(=O)(=O)N1CCCCC(c2ccc(OC)cc2)C1. The summed E-state index contributed by atoms with van der Waals surface area (Å²) in [6.45, 7) is 3.18. The second kappa shape index (κ2) is 7.27. The molecule has 1 saturated heterocycles. The van der Waals surface area contributed by atoms with Gasteiger partial charge in [0, 0.05) is 13.1 Å². The predicted molar refractivity (Wildman–Crippen MR) is 85.2 cm³/mol. The summed E-state index contributed by atoms with van der Waals surface area (Å²) in [5, 5.41) is 0. The zero-order valence-corrected chi connectivity index (χ0v) is 13.7. The first-order valence-corrected chi connectivity index (χ1v) is 9.29. The van der Waals surface area contributed by atoms with Crippen molar-refractivity contribution in [3.05, 3.63) is 29.8 Å². The zero-order chi connectivity index (χ0) is 15.3. The van der Waals surface area contributed by atoms with Crippen LogP contribution in [0.5, 0.6) is 5.75 Å². The Labute approximate surface area is 128 Å². The van der Waals surface area contributed by atoms with E-state index in [1.54, 1.807) is 11.4 Å². The number of rotatable bonds is 5. The molecule has 1 fully saturated rings. The van der Waals surface area contributed by atoms with E-state index in [1.165, 1.54) is 5.56 Å². The topological polar surface area (TPSA) is 46.6 Å². The first-order chi connectivity index (χ1) is 10.1. The fraction of sp³-hybridized carbons (Fsp3) is 0.625. The van der Waals surface area contributed by atoms with Crippen molar-refractivity contribution in [1.82, 2.24) is 4.31 Å². The molecule has 118 valence electrons. The summed E-state index contributed by atoms with van der Waals surface area (Å²) in [6, 6.07) is 8.01. The molecular formula is C16H25NO3S. The molecule has 0 saturated carbocycles. The molecule has 1 atom stereocenters. The molecular weight excluding hydrogens is 286 g/mol. The monoisotopic (exact) mass is 311 g/mol. The highest BCUT2D eigenvalue weighted by molar-refractivity contribution is 7.89. The van der Waals surface area contributed by atoms with Crippen LogP contribution in [0.2, 0.25) is 0 Å². The van der Waals surface area contributed by atoms with Crippen LogP contribution in [0.15, 0.2) is 24.3 Å². The van der Waals surface area contributed by atoms with Crippen molar-refractivity contribution in [2.75, 3.05) is 26.0 Å². The molecule has 4 nitrogen and oxygen atoms in total. The van der Waals surface area contributed by atoms with Gasteiger partial charge in [-0.2, -0.15) is 0 Å². The third kappa shape index (κ3) is 4.20. The summed E-state index contributed by atoms with van der Waals surface area (Å²) in [4.78, 5) is 0. The van der Waals surface area contributed by atoms with Crippen molar-refractivity contribution >= 4 is 10.0 Å². The quantitative estimate of drug-likeness (QED) is 0.840. The summed E-state index contributed by atoms with van der Waals surface area (Å²) in [5.41, 5.74) is 1.20. The maximum atomic E-state index is 12.3. The third-order valence-corrected chi connectivity index (χ3v) is 6.12. The second-order valence-corrected chi connectivity index (χ2v) is 7.73. The van der Waals surface area contributed by atoms with Crippen LogP contribution in [0.3, 0.4) is 0 Å². The van der Waals surface area contributed by atoms with Crippen molar-refractivity contribution in [3.8, 4) is 5.75 Å². The lowest BCUT2D eigenvalue weighted by molar-refractivity contribution is 0.404. The van der Waals surface area contributed by atoms with Crippen LogP contribution in [0.25, 0.3) is 0 Å². The van der Waals surface area contributed by atoms with Crippen molar-refractivity contribution in [3.63, 3.8) is 0 Å². The van der Waals surface area contributed by atoms with Gasteiger partial charge in [0.05, 0.1) is 12.9 Å². The second-order valence-electron chi connectivity index (χ2n) is 5.64. The predicted octanol–water partition coefficient (Wildman–Crippen LogP) is 3.00. The minimum absolute atomic E-state index is 0.252. The minimum atomic E-state index is -3.10. The van der Waals surface area contributed by atoms with Gasteiger partial charge in [0.25, 0.3) is 0 Å². The standard InChI is InChI=1S/C16H25NO3S/c1-3-12-21(18,19)17-11-5-4-6-15(13-17)14-7-9-16(20-2)10-8-14/h7-10,15H,3-6,11-13H2,1-2H3. The normalized spacial score (nSPS) is 21.0. The van der Waals surface area contributed by atoms with E-state index in [0.717, 1.165) is 25.0 Å². The smallest absolute Gasteiger partial charge is 0.214 e. The zero-order valence-electron chi connectivity index (χ0n) is 12.9. The summed E-state index contributed by atoms with van der Waals surface area (Å²) in [7, 11) is -1.45. The molecule has 0 aliphatic carbocycles. The van der Waals surface area contributed by atoms with Crippen LogP contribution < -0.4 is 4.74 Å². The van der Waals surface area contributed by atoms with E-state index in [9.17, 15) is 8.42 Å². The van der Waals surface area contributed by atoms with E-state index in [1.807, 2.05) is 19.1 Å². The largest absolute Gasteiger partial charge is 0.497 e. The fourth-order valence-corrected chi connectivity index (χ4v) is 4.48. The molecule has 1 aromatic rings. The van der Waals surface area contributed by atoms with Gasteiger partial charge in [0.1, 0.15) is 5.75 Å². The molecule has 1 aliphatic rings. The van der Waals surface area contributed by atoms with Gasteiger partial charge in [-0.1, -0.05) is 25.5 Å². The van der Waals surface area contributed by atoms with Crippen LogP contribution in [0, 0.1) is 0 Å². The van der Waals surface area contributed by atoms with Gasteiger partial charge in [-0.3, -0.25) is 0 Å². The molecule has 0 bridgehead atoms. The van der Waals surface area contributed by atoms with E-state index < -0.39 is 10.0 Å². The summed E-state index contributed by atoms with van der Waals surface area (Å²) >= 11 is 0. The van der Waals surface area contributed by atoms with Crippen LogP contribution in [0.4, 0.5) is 0 Å². The fourth-order valence-electron chi connectivity index (χ4n) is 2.90. The Morgan fingerprint density at radius 2 is 1.95 bits per heavy atom. The molecule has 2 rings (SSSR count). The van der Waals surface area contributed by atoms with Gasteiger partial charge >= 0.3 is 0 Å². The van der Waals surface area contributed by atoms with Crippen molar-refractivity contribution in [2.24, 2.45) is 0 Å². The number of hydrogen-bond acceptors (Lipinski definition) is 3. The molecule has 0 spiro atoms. The number of methoxy groups -OCH3 is 1. The lowest BCUT2D eigenvalue weighted by Gasteiger charge is -2.24. The first kappa shape index (κ1) is 16.3. The lowest BCUT2D eigenvalue weighted by atomic mass is 9.94. The van der Waals surface area contributed by atoms with Crippen LogP contribution in [0.1, 0.15) is 44.1 Å². The van der Waals surface area contributed by atoms with Gasteiger partial charge < -0.3 is 4.74 Å². The molecule has 1 unspecified atom stereocenters. The Morgan fingerprint density at radius 3 is 2.57 bits per heavy atom. The Kier molecular flexibility index (Phi) is 5.65. The van der Waals surface area contributed by atoms with Gasteiger partial charge in [-0.25, -0.2) is 12.7 Å². The maximum absolute atomic E-state index is 12.3. The van der Waals surface area contributed by atoms with Crippen LogP contribution >= 0.6 is 0 Å². The Balaban J connectivity index is 2.15. The molecule has 1 heterocycles. The number of nitrogens with zero attached hydrogens (tertiary/aromatic N) is 1. The van der Waals surface area contributed by atoms with Gasteiger partial charge in [0.2, 0.25) is 10.0 Å². The minimum Gasteiger partial charge on any atom is -0.497 e. The molecule has 1 aliphatic heterocycles. The Morgan fingerprint density at radius 1 is 1.24 bits per heavy atom. The first-order valence-electron chi connectivity index (χ1n) is 7.68. The van der Waals surface area contributed by atoms with Crippen molar-refractivity contribution < 1.29 is 13.2 Å². The van der Waals surface area contributed by atoms with Crippen molar-refractivity contribution in [2.45, 2.75) is 38.5 Å². The summed E-state index contributed by atoms with van der Waals surface area (Å²) < 4.78 is 31.5. The average Bonchev–Trinajstić information content (AvgIpc) is 2.74. The molecule has 0 N–H and O–H groups in total. The number of sulfonamides is 1. The molecule has 1 aromatic carbocycles. The molecule has 5 heteroatoms. The van der Waals surface area contributed by atoms with E-state index >= 15 is 0 Å². The molecule has 0 aromatic heterocycles. The summed E-state index contributed by atoms with van der Waals surface area (Å²) in [6.07, 6.45) is 3.75. The highest BCUT2D eigenvalue weighted by Crippen LogP contribution is 2.29. The lowest BCUT2D eigenvalue weighted by Crippen LogP contribution is -2.35.